The van der Waals surface area contributed by atoms with Crippen LogP contribution in [0.15, 0.2) is 12.7 Å². The molecule has 3 heterocycles. The zero-order chi connectivity index (χ0) is 12.4. The third kappa shape index (κ3) is 2.06. The van der Waals surface area contributed by atoms with Crippen molar-refractivity contribution in [2.24, 2.45) is 5.84 Å². The normalized spacial score (nSPS) is 15.2. The van der Waals surface area contributed by atoms with Crippen LogP contribution in [0.4, 0.5) is 5.95 Å². The summed E-state index contributed by atoms with van der Waals surface area (Å²) in [6.07, 6.45) is 2.80. The minimum atomic E-state index is -0.0402. The number of nitrogens with zero attached hydrogens (tertiary/aromatic N) is 6. The van der Waals surface area contributed by atoms with Crippen LogP contribution in [0.1, 0.15) is 0 Å². The van der Waals surface area contributed by atoms with Gasteiger partial charge in [0.15, 0.2) is 0 Å². The molecule has 94 valence electrons. The van der Waals surface area contributed by atoms with Gasteiger partial charge in [-0.15, -0.1) is 0 Å². The summed E-state index contributed by atoms with van der Waals surface area (Å²) in [4.78, 5) is 15.9. The Bertz CT molecular complexity index is 526. The first-order valence-corrected chi connectivity index (χ1v) is 5.17. The first-order chi connectivity index (χ1) is 8.85. The van der Waals surface area contributed by atoms with Crippen molar-refractivity contribution >= 4 is 5.95 Å². The summed E-state index contributed by atoms with van der Waals surface area (Å²) in [5, 5.41) is 3.92. The smallest absolute Gasteiger partial charge is 0.323 e. The van der Waals surface area contributed by atoms with Crippen LogP contribution in [0.3, 0.4) is 0 Å². The Labute approximate surface area is 101 Å². The molecule has 2 aromatic heterocycles. The largest absolute Gasteiger partial charge is 0.455 e. The maximum Gasteiger partial charge on any atom is 0.323 e. The molecule has 1 aliphatic heterocycles. The maximum absolute atomic E-state index is 5.49. The molecule has 10 nitrogen and oxygen atoms in total. The van der Waals surface area contributed by atoms with E-state index in [9.17, 15) is 0 Å². The summed E-state index contributed by atoms with van der Waals surface area (Å²) < 4.78 is 11.9. The van der Waals surface area contributed by atoms with Crippen molar-refractivity contribution in [3.05, 3.63) is 12.7 Å². The Hall–Kier alpha value is -2.33. The quantitative estimate of drug-likeness (QED) is 0.493. The maximum atomic E-state index is 5.49. The first kappa shape index (κ1) is 10.8. The molecule has 3 rings (SSSR count). The fourth-order valence-corrected chi connectivity index (χ4v) is 1.31. The first-order valence-electron chi connectivity index (χ1n) is 5.17. The van der Waals surface area contributed by atoms with Gasteiger partial charge in [-0.25, -0.2) is 10.8 Å². The van der Waals surface area contributed by atoms with Gasteiger partial charge in [0.1, 0.15) is 18.8 Å². The summed E-state index contributed by atoms with van der Waals surface area (Å²) in [5.41, 5.74) is 2.34. The van der Waals surface area contributed by atoms with Gasteiger partial charge in [-0.1, -0.05) is 0 Å². The molecule has 10 heteroatoms. The van der Waals surface area contributed by atoms with Crippen LogP contribution < -0.4 is 16.0 Å². The highest BCUT2D eigenvalue weighted by Gasteiger charge is 2.22. The van der Waals surface area contributed by atoms with Crippen molar-refractivity contribution in [1.82, 2.24) is 29.7 Å². The molecular formula is C8H10N8O2. The van der Waals surface area contributed by atoms with Gasteiger partial charge < -0.3 is 9.47 Å². The molecule has 0 atom stereocenters. The summed E-state index contributed by atoms with van der Waals surface area (Å²) in [5.74, 6) is 5.74. The van der Waals surface area contributed by atoms with E-state index in [1.165, 1.54) is 17.3 Å². The molecule has 0 bridgehead atoms. The second-order valence-corrected chi connectivity index (χ2v) is 3.50. The van der Waals surface area contributed by atoms with E-state index in [0.29, 0.717) is 13.2 Å². The highest BCUT2D eigenvalue weighted by molar-refractivity contribution is 5.28. The predicted octanol–water partition coefficient (Wildman–Crippen LogP) is -1.48. The van der Waals surface area contributed by atoms with E-state index >= 15 is 0 Å². The molecular weight excluding hydrogens is 240 g/mol. The molecule has 0 aliphatic carbocycles. The number of hydrazine groups is 1. The lowest BCUT2D eigenvalue weighted by Crippen LogP contribution is -2.39. The number of ether oxygens (including phenoxy) is 2. The number of nitrogens with two attached hydrogens (primary N) is 1. The molecule has 0 aromatic carbocycles. The lowest BCUT2D eigenvalue weighted by atomic mass is 10.3. The molecule has 1 aliphatic rings. The van der Waals surface area contributed by atoms with Crippen LogP contribution in [0, 0.1) is 0 Å². The zero-order valence-corrected chi connectivity index (χ0v) is 9.22. The van der Waals surface area contributed by atoms with E-state index in [1.54, 1.807) is 0 Å². The number of hydrogen-bond donors (Lipinski definition) is 2. The Morgan fingerprint density at radius 1 is 1.39 bits per heavy atom. The number of nitrogens with one attached hydrogen (secondary N) is 1. The van der Waals surface area contributed by atoms with E-state index in [0.717, 1.165) is 0 Å². The molecule has 1 saturated heterocycles. The molecule has 0 unspecified atom stereocenters. The number of rotatable bonds is 4. The summed E-state index contributed by atoms with van der Waals surface area (Å²) >= 11 is 0. The molecule has 18 heavy (non-hydrogen) atoms. The molecule has 0 spiro atoms. The van der Waals surface area contributed by atoms with Crippen molar-refractivity contribution < 1.29 is 9.47 Å². The van der Waals surface area contributed by atoms with E-state index in [1.807, 2.05) is 0 Å². The van der Waals surface area contributed by atoms with Crippen molar-refractivity contribution in [2.75, 3.05) is 18.6 Å². The lowest BCUT2D eigenvalue weighted by Gasteiger charge is -2.25. The summed E-state index contributed by atoms with van der Waals surface area (Å²) in [7, 11) is 0. The van der Waals surface area contributed by atoms with Gasteiger partial charge in [-0.3, -0.25) is 5.43 Å². The highest BCUT2D eigenvalue weighted by Crippen LogP contribution is 2.14. The Kier molecular flexibility index (Phi) is 2.70. The highest BCUT2D eigenvalue weighted by atomic mass is 16.6. The van der Waals surface area contributed by atoms with E-state index < -0.39 is 0 Å². The number of hydrogen-bond acceptors (Lipinski definition) is 9. The van der Waals surface area contributed by atoms with Gasteiger partial charge >= 0.3 is 6.01 Å². The zero-order valence-electron chi connectivity index (χ0n) is 9.22. The van der Waals surface area contributed by atoms with Gasteiger partial charge in [0.25, 0.3) is 5.95 Å². The van der Waals surface area contributed by atoms with Gasteiger partial charge in [-0.05, 0) is 0 Å². The average molecular weight is 250 g/mol. The minimum absolute atomic E-state index is 0.0402. The standard InChI is InChI=1S/C8H10N8O2/c9-15-6-12-7(16-4-10-3-11-16)14-8(13-6)18-5-1-17-2-5/h3-5H,1-2,9H2,(H,12,13,14,15). The fraction of sp³-hybridized carbons (Fsp3) is 0.375. The molecule has 0 radical (unpaired) electrons. The van der Waals surface area contributed by atoms with Gasteiger partial charge in [0.05, 0.1) is 13.2 Å². The minimum Gasteiger partial charge on any atom is -0.455 e. The number of aromatic nitrogens is 6. The molecule has 0 amide bonds. The Balaban J connectivity index is 1.90. The SMILES string of the molecule is NNc1nc(OC2COC2)nc(-n2cncn2)n1. The van der Waals surface area contributed by atoms with Crippen LogP contribution in [-0.4, -0.2) is 49.0 Å². The van der Waals surface area contributed by atoms with Crippen LogP contribution in [0.2, 0.25) is 0 Å². The van der Waals surface area contributed by atoms with Crippen LogP contribution >= 0.6 is 0 Å². The molecule has 1 fully saturated rings. The monoisotopic (exact) mass is 250 g/mol. The summed E-state index contributed by atoms with van der Waals surface area (Å²) in [6, 6.07) is 0.164. The fourth-order valence-electron chi connectivity index (χ4n) is 1.31. The second-order valence-electron chi connectivity index (χ2n) is 3.50. The van der Waals surface area contributed by atoms with Crippen molar-refractivity contribution in [1.29, 1.82) is 0 Å². The van der Waals surface area contributed by atoms with Gasteiger partial charge in [0, 0.05) is 0 Å². The predicted molar refractivity (Wildman–Crippen MR) is 57.8 cm³/mol. The van der Waals surface area contributed by atoms with E-state index in [2.05, 4.69) is 30.5 Å². The van der Waals surface area contributed by atoms with Crippen LogP contribution in [0.25, 0.3) is 5.95 Å². The van der Waals surface area contributed by atoms with Crippen LogP contribution in [-0.2, 0) is 4.74 Å². The second kappa shape index (κ2) is 4.50. The Morgan fingerprint density at radius 3 is 2.89 bits per heavy atom. The van der Waals surface area contributed by atoms with Gasteiger partial charge in [0.2, 0.25) is 5.95 Å². The molecule has 3 N–H and O–H groups in total. The van der Waals surface area contributed by atoms with Crippen molar-refractivity contribution in [3.63, 3.8) is 0 Å². The molecule has 0 saturated carbocycles. The topological polar surface area (TPSA) is 126 Å². The van der Waals surface area contributed by atoms with Crippen LogP contribution in [0.5, 0.6) is 6.01 Å². The number of nitrogen functional groups attached to an aromatic ring is 1. The van der Waals surface area contributed by atoms with Crippen molar-refractivity contribution in [2.45, 2.75) is 6.10 Å². The number of anilines is 1. The third-order valence-electron chi connectivity index (χ3n) is 2.24. The lowest BCUT2D eigenvalue weighted by molar-refractivity contribution is -0.0831. The van der Waals surface area contributed by atoms with Gasteiger partial charge in [-0.2, -0.15) is 24.7 Å². The van der Waals surface area contributed by atoms with E-state index in [4.69, 9.17) is 15.3 Å². The van der Waals surface area contributed by atoms with E-state index in [-0.39, 0.29) is 24.0 Å². The summed E-state index contributed by atoms with van der Waals surface area (Å²) in [6.45, 7) is 1.05. The Morgan fingerprint density at radius 2 is 2.28 bits per heavy atom. The average Bonchev–Trinajstić information content (AvgIpc) is 2.87. The molecule has 2 aromatic rings. The van der Waals surface area contributed by atoms with Crippen molar-refractivity contribution in [3.8, 4) is 12.0 Å². The third-order valence-corrected chi connectivity index (χ3v) is 2.24.